The highest BCUT2D eigenvalue weighted by Crippen LogP contribution is 2.27. The summed E-state index contributed by atoms with van der Waals surface area (Å²) in [4.78, 5) is 2.61. The zero-order valence-corrected chi connectivity index (χ0v) is 15.8. The quantitative estimate of drug-likeness (QED) is 0.561. The van der Waals surface area contributed by atoms with Crippen LogP contribution in [-0.2, 0) is 4.74 Å². The van der Waals surface area contributed by atoms with E-state index in [-0.39, 0.29) is 6.10 Å². The normalized spacial score (nSPS) is 19.2. The van der Waals surface area contributed by atoms with Crippen LogP contribution in [0.15, 0.2) is 54.6 Å². The minimum atomic E-state index is -0.0239. The lowest BCUT2D eigenvalue weighted by atomic mass is 10.0. The number of hydrogen-bond donors (Lipinski definition) is 0. The van der Waals surface area contributed by atoms with Gasteiger partial charge in [-0.1, -0.05) is 54.1 Å². The molecule has 1 aliphatic rings. The summed E-state index contributed by atoms with van der Waals surface area (Å²) in [7, 11) is 0. The minimum Gasteiger partial charge on any atom is -0.369 e. The van der Waals surface area contributed by atoms with E-state index in [1.807, 2.05) is 18.2 Å². The molecule has 0 aliphatic carbocycles. The van der Waals surface area contributed by atoms with Crippen LogP contribution in [0.2, 0.25) is 5.02 Å². The molecule has 0 N–H and O–H groups in total. The third-order valence-electron chi connectivity index (χ3n) is 5.09. The van der Waals surface area contributed by atoms with Gasteiger partial charge in [0.05, 0.1) is 0 Å². The van der Waals surface area contributed by atoms with Gasteiger partial charge in [0.1, 0.15) is 6.10 Å². The second-order valence-electron chi connectivity index (χ2n) is 6.95. The van der Waals surface area contributed by atoms with Crippen molar-refractivity contribution in [2.24, 2.45) is 0 Å². The molecule has 0 bridgehead atoms. The number of rotatable bonds is 8. The van der Waals surface area contributed by atoms with Gasteiger partial charge < -0.3 is 9.64 Å². The highest BCUT2D eigenvalue weighted by atomic mass is 35.5. The van der Waals surface area contributed by atoms with E-state index in [2.05, 4.69) is 48.2 Å². The maximum atomic E-state index is 6.28. The first-order chi connectivity index (χ1) is 12.2. The fourth-order valence-electron chi connectivity index (χ4n) is 3.59. The third kappa shape index (κ3) is 5.31. The van der Waals surface area contributed by atoms with E-state index in [1.54, 1.807) is 0 Å². The van der Waals surface area contributed by atoms with Crippen molar-refractivity contribution in [2.75, 3.05) is 19.7 Å². The third-order valence-corrected chi connectivity index (χ3v) is 5.34. The highest BCUT2D eigenvalue weighted by Gasteiger charge is 2.19. The van der Waals surface area contributed by atoms with E-state index in [0.717, 1.165) is 29.7 Å². The summed E-state index contributed by atoms with van der Waals surface area (Å²) in [5.41, 5.74) is 2.35. The van der Waals surface area contributed by atoms with Crippen LogP contribution in [0, 0.1) is 0 Å². The first-order valence-electron chi connectivity index (χ1n) is 9.40. The van der Waals surface area contributed by atoms with Crippen molar-refractivity contribution in [3.63, 3.8) is 0 Å². The van der Waals surface area contributed by atoms with Gasteiger partial charge in [-0.3, -0.25) is 0 Å². The molecule has 0 amide bonds. The van der Waals surface area contributed by atoms with Crippen molar-refractivity contribution in [1.82, 2.24) is 4.90 Å². The van der Waals surface area contributed by atoms with Crippen molar-refractivity contribution < 1.29 is 4.74 Å². The van der Waals surface area contributed by atoms with E-state index in [0.29, 0.717) is 0 Å². The molecule has 134 valence electrons. The van der Waals surface area contributed by atoms with Gasteiger partial charge in [-0.25, -0.2) is 0 Å². The molecule has 3 heteroatoms. The summed E-state index contributed by atoms with van der Waals surface area (Å²) in [5, 5.41) is 0.760. The molecule has 0 radical (unpaired) electrons. The van der Waals surface area contributed by atoms with Crippen molar-refractivity contribution in [2.45, 2.75) is 44.8 Å². The summed E-state index contributed by atoms with van der Waals surface area (Å²) in [6.45, 7) is 5.58. The molecular weight excluding hydrogens is 330 g/mol. The van der Waals surface area contributed by atoms with Crippen LogP contribution in [0.25, 0.3) is 0 Å². The lowest BCUT2D eigenvalue weighted by Gasteiger charge is -2.22. The van der Waals surface area contributed by atoms with Crippen LogP contribution in [-0.4, -0.2) is 30.6 Å². The molecule has 1 saturated heterocycles. The van der Waals surface area contributed by atoms with Gasteiger partial charge in [-0.15, -0.1) is 0 Å². The molecule has 1 heterocycles. The predicted molar refractivity (Wildman–Crippen MR) is 105 cm³/mol. The van der Waals surface area contributed by atoms with Gasteiger partial charge >= 0.3 is 0 Å². The smallest absolute Gasteiger partial charge is 0.108 e. The number of nitrogens with zero attached hydrogens (tertiary/aromatic N) is 1. The molecule has 3 rings (SSSR count). The molecule has 2 aromatic rings. The average Bonchev–Trinajstić information content (AvgIpc) is 3.05. The Morgan fingerprint density at radius 3 is 2.44 bits per heavy atom. The van der Waals surface area contributed by atoms with E-state index in [4.69, 9.17) is 16.3 Å². The van der Waals surface area contributed by atoms with Gasteiger partial charge in [0.25, 0.3) is 0 Å². The van der Waals surface area contributed by atoms with Crippen LogP contribution in [0.3, 0.4) is 0 Å². The summed E-state index contributed by atoms with van der Waals surface area (Å²) in [6.07, 6.45) is 4.98. The van der Waals surface area contributed by atoms with E-state index in [1.165, 1.54) is 37.9 Å². The minimum absolute atomic E-state index is 0.0239. The summed E-state index contributed by atoms with van der Waals surface area (Å²) >= 11 is 6.04. The number of hydrogen-bond acceptors (Lipinski definition) is 2. The van der Waals surface area contributed by atoms with E-state index in [9.17, 15) is 0 Å². The van der Waals surface area contributed by atoms with Crippen LogP contribution >= 0.6 is 11.6 Å². The zero-order valence-electron chi connectivity index (χ0n) is 15.0. The summed E-state index contributed by atoms with van der Waals surface area (Å²) in [5.74, 6) is 0. The lowest BCUT2D eigenvalue weighted by Crippen LogP contribution is -2.28. The topological polar surface area (TPSA) is 12.5 Å². The van der Waals surface area contributed by atoms with Gasteiger partial charge in [0, 0.05) is 17.7 Å². The monoisotopic (exact) mass is 357 g/mol. The molecule has 1 aliphatic heterocycles. The van der Waals surface area contributed by atoms with Crippen molar-refractivity contribution in [3.05, 3.63) is 70.7 Å². The SMILES string of the molecule is C[C@H]1CCCN1CCCCOC(c1ccccc1)c1ccc(Cl)cc1. The molecule has 0 aromatic heterocycles. The molecule has 0 saturated carbocycles. The first-order valence-corrected chi connectivity index (χ1v) is 9.78. The molecule has 1 unspecified atom stereocenters. The first kappa shape index (κ1) is 18.4. The number of likely N-dealkylation sites (tertiary alicyclic amines) is 1. The fourth-order valence-corrected chi connectivity index (χ4v) is 3.72. The fraction of sp³-hybridized carbons (Fsp3) is 0.455. The number of benzene rings is 2. The Hall–Kier alpha value is -1.35. The Labute approximate surface area is 156 Å². The highest BCUT2D eigenvalue weighted by molar-refractivity contribution is 6.30. The zero-order chi connectivity index (χ0) is 17.5. The van der Waals surface area contributed by atoms with Gasteiger partial charge in [0.15, 0.2) is 0 Å². The molecule has 2 aromatic carbocycles. The van der Waals surface area contributed by atoms with Gasteiger partial charge in [0.2, 0.25) is 0 Å². The summed E-state index contributed by atoms with van der Waals surface area (Å²) < 4.78 is 6.28. The Bertz CT molecular complexity index is 628. The van der Waals surface area contributed by atoms with Crippen LogP contribution in [0.1, 0.15) is 49.8 Å². The molecular formula is C22H28ClNO. The molecule has 25 heavy (non-hydrogen) atoms. The number of unbranched alkanes of at least 4 members (excludes halogenated alkanes) is 1. The van der Waals surface area contributed by atoms with E-state index < -0.39 is 0 Å². The Morgan fingerprint density at radius 2 is 1.76 bits per heavy atom. The number of halogens is 1. The predicted octanol–water partition coefficient (Wildman–Crippen LogP) is 5.71. The van der Waals surface area contributed by atoms with Crippen LogP contribution in [0.5, 0.6) is 0 Å². The molecule has 2 nitrogen and oxygen atoms in total. The maximum absolute atomic E-state index is 6.28. The average molecular weight is 358 g/mol. The van der Waals surface area contributed by atoms with Crippen LogP contribution in [0.4, 0.5) is 0 Å². The van der Waals surface area contributed by atoms with Crippen molar-refractivity contribution >= 4 is 11.6 Å². The molecule has 2 atom stereocenters. The Morgan fingerprint density at radius 1 is 1.04 bits per heavy atom. The van der Waals surface area contributed by atoms with Gasteiger partial charge in [-0.05, 0) is 69.0 Å². The standard InChI is InChI=1S/C22H28ClNO/c1-18-8-7-16-24(18)15-5-6-17-25-22(19-9-3-2-4-10-19)20-11-13-21(23)14-12-20/h2-4,9-14,18,22H,5-8,15-17H2,1H3/t18-,22?/m0/s1. The Kier molecular flexibility index (Phi) is 6.92. The largest absolute Gasteiger partial charge is 0.369 e. The summed E-state index contributed by atoms with van der Waals surface area (Å²) in [6, 6.07) is 19.2. The van der Waals surface area contributed by atoms with E-state index >= 15 is 0 Å². The molecule has 0 spiro atoms. The van der Waals surface area contributed by atoms with Gasteiger partial charge in [-0.2, -0.15) is 0 Å². The Balaban J connectivity index is 1.54. The maximum Gasteiger partial charge on any atom is 0.108 e. The number of ether oxygens (including phenoxy) is 1. The lowest BCUT2D eigenvalue weighted by molar-refractivity contribution is 0.0751. The molecule has 1 fully saturated rings. The second-order valence-corrected chi connectivity index (χ2v) is 7.38. The van der Waals surface area contributed by atoms with Crippen molar-refractivity contribution in [3.8, 4) is 0 Å². The van der Waals surface area contributed by atoms with Crippen LogP contribution < -0.4 is 0 Å². The van der Waals surface area contributed by atoms with Crippen molar-refractivity contribution in [1.29, 1.82) is 0 Å². The second kappa shape index (κ2) is 9.38.